The minimum atomic E-state index is -0.200. The van der Waals surface area contributed by atoms with Crippen molar-refractivity contribution >= 4 is 5.91 Å². The summed E-state index contributed by atoms with van der Waals surface area (Å²) >= 11 is 0. The van der Waals surface area contributed by atoms with E-state index in [-0.39, 0.29) is 11.4 Å². The number of ether oxygens (including phenoxy) is 1. The van der Waals surface area contributed by atoms with Gasteiger partial charge in [-0.15, -0.1) is 0 Å². The molecule has 0 fully saturated rings. The maximum atomic E-state index is 11.7. The molecule has 0 saturated carbocycles. The first-order chi connectivity index (χ1) is 11.3. The number of amides is 1. The van der Waals surface area contributed by atoms with E-state index in [2.05, 4.69) is 48.6 Å². The molecule has 1 amide bonds. The van der Waals surface area contributed by atoms with Crippen LogP contribution in [0.25, 0.3) is 0 Å². The van der Waals surface area contributed by atoms with Gasteiger partial charge in [0.25, 0.3) is 0 Å². The molecule has 0 aliphatic rings. The molecular weight excluding hydrogens is 298 g/mol. The van der Waals surface area contributed by atoms with Gasteiger partial charge in [0, 0.05) is 5.54 Å². The van der Waals surface area contributed by atoms with Gasteiger partial charge in [0.1, 0.15) is 5.75 Å². The fraction of sp³-hybridized carbons (Fsp3) is 0.381. The van der Waals surface area contributed by atoms with Crippen molar-refractivity contribution in [1.29, 1.82) is 0 Å². The molecule has 0 spiro atoms. The Morgan fingerprint density at radius 1 is 1.04 bits per heavy atom. The Labute approximate surface area is 145 Å². The van der Waals surface area contributed by atoms with Crippen molar-refractivity contribution in [2.24, 2.45) is 0 Å². The van der Waals surface area contributed by atoms with E-state index in [1.807, 2.05) is 32.9 Å². The molecule has 3 heteroatoms. The Balaban J connectivity index is 1.82. The molecule has 3 nitrogen and oxygen atoms in total. The van der Waals surface area contributed by atoms with Gasteiger partial charge in [-0.2, -0.15) is 0 Å². The van der Waals surface area contributed by atoms with E-state index in [0.29, 0.717) is 13.0 Å². The molecule has 0 aliphatic heterocycles. The molecule has 0 bridgehead atoms. The Morgan fingerprint density at radius 3 is 2.33 bits per heavy atom. The van der Waals surface area contributed by atoms with Crippen LogP contribution in [-0.4, -0.2) is 18.1 Å². The summed E-state index contributed by atoms with van der Waals surface area (Å²) in [6.45, 7) is 8.44. The van der Waals surface area contributed by atoms with Gasteiger partial charge in [0.05, 0.1) is 13.0 Å². The molecule has 0 saturated heterocycles. The second-order valence-corrected chi connectivity index (χ2v) is 7.14. The second kappa shape index (κ2) is 8.00. The SMILES string of the molecule is Cc1ccccc1Cc1ccc(OCCC(=O)NC(C)(C)C)cc1. The molecular formula is C21H27NO2. The maximum Gasteiger partial charge on any atom is 0.223 e. The summed E-state index contributed by atoms with van der Waals surface area (Å²) in [5.74, 6) is 0.811. The van der Waals surface area contributed by atoms with E-state index in [4.69, 9.17) is 4.74 Å². The fourth-order valence-electron chi connectivity index (χ4n) is 2.47. The molecule has 0 atom stereocenters. The zero-order chi connectivity index (χ0) is 17.6. The topological polar surface area (TPSA) is 38.3 Å². The minimum Gasteiger partial charge on any atom is -0.493 e. The molecule has 2 aromatic rings. The number of rotatable bonds is 6. The van der Waals surface area contributed by atoms with E-state index in [1.165, 1.54) is 16.7 Å². The molecule has 128 valence electrons. The first kappa shape index (κ1) is 18.1. The van der Waals surface area contributed by atoms with Gasteiger partial charge in [-0.05, 0) is 62.9 Å². The molecule has 2 aromatic carbocycles. The quantitative estimate of drug-likeness (QED) is 0.861. The third-order valence-electron chi connectivity index (χ3n) is 3.69. The Bertz CT molecular complexity index is 669. The zero-order valence-corrected chi connectivity index (χ0v) is 15.1. The van der Waals surface area contributed by atoms with E-state index in [0.717, 1.165) is 12.2 Å². The largest absolute Gasteiger partial charge is 0.493 e. The third-order valence-corrected chi connectivity index (χ3v) is 3.69. The first-order valence-electron chi connectivity index (χ1n) is 8.41. The van der Waals surface area contributed by atoms with Gasteiger partial charge in [0.2, 0.25) is 5.91 Å². The van der Waals surface area contributed by atoms with Crippen LogP contribution in [0, 0.1) is 6.92 Å². The van der Waals surface area contributed by atoms with Crippen molar-refractivity contribution in [2.45, 2.75) is 46.1 Å². The van der Waals surface area contributed by atoms with Crippen molar-refractivity contribution in [2.75, 3.05) is 6.61 Å². The van der Waals surface area contributed by atoms with Crippen molar-refractivity contribution in [3.63, 3.8) is 0 Å². The highest BCUT2D eigenvalue weighted by molar-refractivity contribution is 5.76. The van der Waals surface area contributed by atoms with Crippen LogP contribution in [0.15, 0.2) is 48.5 Å². The molecule has 0 heterocycles. The summed E-state index contributed by atoms with van der Waals surface area (Å²) in [7, 11) is 0. The minimum absolute atomic E-state index is 0.0127. The normalized spacial score (nSPS) is 11.2. The lowest BCUT2D eigenvalue weighted by Gasteiger charge is -2.20. The van der Waals surface area contributed by atoms with E-state index >= 15 is 0 Å². The van der Waals surface area contributed by atoms with Crippen LogP contribution in [0.5, 0.6) is 5.75 Å². The lowest BCUT2D eigenvalue weighted by Crippen LogP contribution is -2.41. The number of nitrogens with one attached hydrogen (secondary N) is 1. The molecule has 0 aromatic heterocycles. The van der Waals surface area contributed by atoms with Gasteiger partial charge in [-0.25, -0.2) is 0 Å². The number of carbonyl (C=O) groups is 1. The first-order valence-corrected chi connectivity index (χ1v) is 8.41. The summed E-state index contributed by atoms with van der Waals surface area (Å²) in [5, 5.41) is 2.93. The van der Waals surface area contributed by atoms with Crippen molar-refractivity contribution in [1.82, 2.24) is 5.32 Å². The Morgan fingerprint density at radius 2 is 1.71 bits per heavy atom. The lowest BCUT2D eigenvalue weighted by molar-refractivity contribution is -0.122. The van der Waals surface area contributed by atoms with Crippen molar-refractivity contribution in [3.8, 4) is 5.75 Å². The number of hydrogen-bond acceptors (Lipinski definition) is 2. The van der Waals surface area contributed by atoms with Crippen LogP contribution >= 0.6 is 0 Å². The highest BCUT2D eigenvalue weighted by Gasteiger charge is 2.13. The standard InChI is InChI=1S/C21H27NO2/c1-16-7-5-6-8-18(16)15-17-9-11-19(12-10-17)24-14-13-20(23)22-21(2,3)4/h5-12H,13-15H2,1-4H3,(H,22,23). The number of aryl methyl sites for hydroxylation is 1. The van der Waals surface area contributed by atoms with E-state index in [9.17, 15) is 4.79 Å². The van der Waals surface area contributed by atoms with Crippen LogP contribution in [0.3, 0.4) is 0 Å². The molecule has 0 radical (unpaired) electrons. The average Bonchev–Trinajstić information content (AvgIpc) is 2.49. The number of carbonyl (C=O) groups excluding carboxylic acids is 1. The summed E-state index contributed by atoms with van der Waals surface area (Å²) in [5.41, 5.74) is 3.70. The van der Waals surface area contributed by atoms with Gasteiger partial charge >= 0.3 is 0 Å². The number of hydrogen-bond donors (Lipinski definition) is 1. The van der Waals surface area contributed by atoms with Crippen LogP contribution in [0.2, 0.25) is 0 Å². The van der Waals surface area contributed by atoms with Gasteiger partial charge in [0.15, 0.2) is 0 Å². The van der Waals surface area contributed by atoms with E-state index < -0.39 is 0 Å². The molecule has 24 heavy (non-hydrogen) atoms. The second-order valence-electron chi connectivity index (χ2n) is 7.14. The monoisotopic (exact) mass is 325 g/mol. The maximum absolute atomic E-state index is 11.7. The predicted octanol–water partition coefficient (Wildman–Crippen LogP) is 4.27. The lowest BCUT2D eigenvalue weighted by atomic mass is 10.0. The Hall–Kier alpha value is -2.29. The average molecular weight is 325 g/mol. The van der Waals surface area contributed by atoms with Crippen LogP contribution < -0.4 is 10.1 Å². The molecule has 1 N–H and O–H groups in total. The van der Waals surface area contributed by atoms with E-state index in [1.54, 1.807) is 0 Å². The fourth-order valence-corrected chi connectivity index (χ4v) is 2.47. The summed E-state index contributed by atoms with van der Waals surface area (Å²) < 4.78 is 5.66. The van der Waals surface area contributed by atoms with Crippen LogP contribution in [0.1, 0.15) is 43.9 Å². The van der Waals surface area contributed by atoms with Crippen molar-refractivity contribution < 1.29 is 9.53 Å². The highest BCUT2D eigenvalue weighted by atomic mass is 16.5. The Kier molecular flexibility index (Phi) is 6.02. The number of benzene rings is 2. The third kappa shape index (κ3) is 6.07. The summed E-state index contributed by atoms with van der Waals surface area (Å²) in [6.07, 6.45) is 1.28. The summed E-state index contributed by atoms with van der Waals surface area (Å²) in [4.78, 5) is 11.7. The smallest absolute Gasteiger partial charge is 0.223 e. The molecule has 2 rings (SSSR count). The van der Waals surface area contributed by atoms with Gasteiger partial charge in [-0.1, -0.05) is 36.4 Å². The molecule has 0 aliphatic carbocycles. The molecule has 0 unspecified atom stereocenters. The zero-order valence-electron chi connectivity index (χ0n) is 15.1. The highest BCUT2D eigenvalue weighted by Crippen LogP contribution is 2.17. The van der Waals surface area contributed by atoms with Crippen molar-refractivity contribution in [3.05, 3.63) is 65.2 Å². The summed E-state index contributed by atoms with van der Waals surface area (Å²) in [6, 6.07) is 16.5. The van der Waals surface area contributed by atoms with Crippen LogP contribution in [0.4, 0.5) is 0 Å². The van der Waals surface area contributed by atoms with Gasteiger partial charge in [-0.3, -0.25) is 4.79 Å². The predicted molar refractivity (Wildman–Crippen MR) is 98.4 cm³/mol. The van der Waals surface area contributed by atoms with Gasteiger partial charge < -0.3 is 10.1 Å². The van der Waals surface area contributed by atoms with Crippen LogP contribution in [-0.2, 0) is 11.2 Å².